The molecular weight excluding hydrogens is 344 g/mol. The highest BCUT2D eigenvalue weighted by Crippen LogP contribution is 2.52. The SMILES string of the molecule is C=C1N(CC)CC(CCN2CCOCC2)C1(c1ccccc1)c1ccccc1. The van der Waals surface area contributed by atoms with Crippen molar-refractivity contribution in [2.75, 3.05) is 45.9 Å². The van der Waals surface area contributed by atoms with Crippen molar-refractivity contribution in [3.63, 3.8) is 0 Å². The summed E-state index contributed by atoms with van der Waals surface area (Å²) in [5, 5.41) is 0. The summed E-state index contributed by atoms with van der Waals surface area (Å²) in [7, 11) is 0. The highest BCUT2D eigenvalue weighted by molar-refractivity contribution is 5.51. The average Bonchev–Trinajstić information content (AvgIpc) is 3.06. The minimum absolute atomic E-state index is 0.148. The number of hydrogen-bond donors (Lipinski definition) is 0. The van der Waals surface area contributed by atoms with Crippen molar-refractivity contribution in [3.05, 3.63) is 84.1 Å². The minimum atomic E-state index is -0.148. The maximum absolute atomic E-state index is 5.54. The molecule has 2 aromatic rings. The Hall–Kier alpha value is -2.10. The Balaban J connectivity index is 1.74. The molecule has 0 spiro atoms. The van der Waals surface area contributed by atoms with Crippen LogP contribution < -0.4 is 0 Å². The van der Waals surface area contributed by atoms with Crippen molar-refractivity contribution in [1.29, 1.82) is 0 Å². The molecule has 0 radical (unpaired) electrons. The largest absolute Gasteiger partial charge is 0.379 e. The van der Waals surface area contributed by atoms with E-state index in [0.29, 0.717) is 5.92 Å². The lowest BCUT2D eigenvalue weighted by molar-refractivity contribution is 0.0347. The second kappa shape index (κ2) is 8.50. The van der Waals surface area contributed by atoms with Crippen molar-refractivity contribution in [2.45, 2.75) is 18.8 Å². The molecule has 0 aromatic heterocycles. The summed E-state index contributed by atoms with van der Waals surface area (Å²) < 4.78 is 5.54. The summed E-state index contributed by atoms with van der Waals surface area (Å²) in [6, 6.07) is 22.1. The predicted octanol–water partition coefficient (Wildman–Crippen LogP) is 4.16. The summed E-state index contributed by atoms with van der Waals surface area (Å²) in [6.45, 7) is 13.9. The zero-order valence-corrected chi connectivity index (χ0v) is 17.0. The third kappa shape index (κ3) is 3.38. The molecule has 4 rings (SSSR count). The topological polar surface area (TPSA) is 15.7 Å². The first-order chi connectivity index (χ1) is 13.8. The van der Waals surface area contributed by atoms with E-state index in [2.05, 4.69) is 84.0 Å². The first-order valence-electron chi connectivity index (χ1n) is 10.6. The van der Waals surface area contributed by atoms with Crippen molar-refractivity contribution in [1.82, 2.24) is 9.80 Å². The Kier molecular flexibility index (Phi) is 5.84. The number of benzene rings is 2. The molecule has 0 bridgehead atoms. The van der Waals surface area contributed by atoms with Gasteiger partial charge in [0.25, 0.3) is 0 Å². The van der Waals surface area contributed by atoms with Gasteiger partial charge in [0.05, 0.1) is 18.6 Å². The van der Waals surface area contributed by atoms with E-state index in [-0.39, 0.29) is 5.41 Å². The first-order valence-corrected chi connectivity index (χ1v) is 10.6. The number of nitrogens with zero attached hydrogens (tertiary/aromatic N) is 2. The van der Waals surface area contributed by atoms with Gasteiger partial charge in [0.15, 0.2) is 0 Å². The van der Waals surface area contributed by atoms with Gasteiger partial charge in [-0.1, -0.05) is 67.2 Å². The van der Waals surface area contributed by atoms with Crippen LogP contribution in [-0.2, 0) is 10.2 Å². The summed E-state index contributed by atoms with van der Waals surface area (Å²) >= 11 is 0. The van der Waals surface area contributed by atoms with Crippen LogP contribution >= 0.6 is 0 Å². The fraction of sp³-hybridized carbons (Fsp3) is 0.440. The standard InChI is InChI=1S/C25H32N2O/c1-3-27-20-24(14-15-26-16-18-28-19-17-26)25(21(27)2,22-10-6-4-7-11-22)23-12-8-5-9-13-23/h4-13,24H,2-3,14-20H2,1H3. The number of hydrogen-bond acceptors (Lipinski definition) is 3. The van der Waals surface area contributed by atoms with E-state index in [0.717, 1.165) is 45.9 Å². The van der Waals surface area contributed by atoms with Gasteiger partial charge < -0.3 is 9.64 Å². The molecule has 2 aliphatic heterocycles. The number of allylic oxidation sites excluding steroid dienone is 1. The molecule has 2 heterocycles. The second-order valence-electron chi connectivity index (χ2n) is 7.97. The van der Waals surface area contributed by atoms with Gasteiger partial charge in [-0.2, -0.15) is 0 Å². The van der Waals surface area contributed by atoms with Crippen LogP contribution in [-0.4, -0.2) is 55.7 Å². The molecule has 148 valence electrons. The van der Waals surface area contributed by atoms with Crippen LogP contribution in [0, 0.1) is 5.92 Å². The van der Waals surface area contributed by atoms with E-state index in [1.165, 1.54) is 23.2 Å². The Bertz CT molecular complexity index is 728. The second-order valence-corrected chi connectivity index (χ2v) is 7.97. The molecule has 3 nitrogen and oxygen atoms in total. The normalized spacial score (nSPS) is 22.5. The average molecular weight is 377 g/mol. The van der Waals surface area contributed by atoms with Gasteiger partial charge in [0.1, 0.15) is 0 Å². The van der Waals surface area contributed by atoms with Gasteiger partial charge in [0.2, 0.25) is 0 Å². The third-order valence-electron chi connectivity index (χ3n) is 6.63. The van der Waals surface area contributed by atoms with Crippen LogP contribution in [0.2, 0.25) is 0 Å². The van der Waals surface area contributed by atoms with Crippen LogP contribution in [0.1, 0.15) is 24.5 Å². The molecule has 1 unspecified atom stereocenters. The number of likely N-dealkylation sites (N-methyl/N-ethyl adjacent to an activating group) is 1. The van der Waals surface area contributed by atoms with Crippen LogP contribution in [0.15, 0.2) is 72.9 Å². The quantitative estimate of drug-likeness (QED) is 0.753. The Labute approximate surface area is 169 Å². The van der Waals surface area contributed by atoms with Gasteiger partial charge in [0, 0.05) is 31.9 Å². The van der Waals surface area contributed by atoms with Crippen LogP contribution in [0.4, 0.5) is 0 Å². The van der Waals surface area contributed by atoms with Crippen LogP contribution in [0.25, 0.3) is 0 Å². The summed E-state index contributed by atoms with van der Waals surface area (Å²) in [6.07, 6.45) is 1.17. The molecule has 0 saturated carbocycles. The first kappa shape index (κ1) is 19.2. The summed E-state index contributed by atoms with van der Waals surface area (Å²) in [5.74, 6) is 0.507. The van der Waals surface area contributed by atoms with Crippen molar-refractivity contribution in [2.24, 2.45) is 5.92 Å². The van der Waals surface area contributed by atoms with Gasteiger partial charge >= 0.3 is 0 Å². The van der Waals surface area contributed by atoms with Crippen molar-refractivity contribution >= 4 is 0 Å². The summed E-state index contributed by atoms with van der Waals surface area (Å²) in [5.41, 5.74) is 3.84. The molecule has 2 fully saturated rings. The lowest BCUT2D eigenvalue weighted by Gasteiger charge is -2.38. The molecule has 0 aliphatic carbocycles. The van der Waals surface area contributed by atoms with Gasteiger partial charge in [-0.25, -0.2) is 0 Å². The molecule has 0 amide bonds. The molecular formula is C25H32N2O. The van der Waals surface area contributed by atoms with Crippen molar-refractivity contribution < 1.29 is 4.74 Å². The molecule has 3 heteroatoms. The molecule has 28 heavy (non-hydrogen) atoms. The monoisotopic (exact) mass is 376 g/mol. The van der Waals surface area contributed by atoms with E-state index in [1.807, 2.05) is 0 Å². The third-order valence-corrected chi connectivity index (χ3v) is 6.63. The highest BCUT2D eigenvalue weighted by atomic mass is 16.5. The maximum Gasteiger partial charge on any atom is 0.0639 e. The molecule has 2 aromatic carbocycles. The zero-order chi connectivity index (χ0) is 19.4. The van der Waals surface area contributed by atoms with Gasteiger partial charge in [-0.05, 0) is 36.9 Å². The molecule has 2 aliphatic rings. The Morgan fingerprint density at radius 1 is 0.964 bits per heavy atom. The molecule has 0 N–H and O–H groups in total. The zero-order valence-electron chi connectivity index (χ0n) is 17.0. The van der Waals surface area contributed by atoms with Crippen LogP contribution in [0.3, 0.4) is 0 Å². The number of morpholine rings is 1. The number of rotatable bonds is 6. The lowest BCUT2D eigenvalue weighted by atomic mass is 9.65. The summed E-state index contributed by atoms with van der Waals surface area (Å²) in [4.78, 5) is 5.05. The lowest BCUT2D eigenvalue weighted by Crippen LogP contribution is -2.40. The molecule has 2 saturated heterocycles. The van der Waals surface area contributed by atoms with E-state index < -0.39 is 0 Å². The maximum atomic E-state index is 5.54. The van der Waals surface area contributed by atoms with Gasteiger partial charge in [-0.15, -0.1) is 0 Å². The van der Waals surface area contributed by atoms with Crippen molar-refractivity contribution in [3.8, 4) is 0 Å². The van der Waals surface area contributed by atoms with Gasteiger partial charge in [-0.3, -0.25) is 4.90 Å². The number of ether oxygens (including phenoxy) is 1. The Morgan fingerprint density at radius 2 is 1.54 bits per heavy atom. The molecule has 1 atom stereocenters. The van der Waals surface area contributed by atoms with E-state index >= 15 is 0 Å². The Morgan fingerprint density at radius 3 is 2.07 bits per heavy atom. The smallest absolute Gasteiger partial charge is 0.0639 e. The number of likely N-dealkylation sites (tertiary alicyclic amines) is 1. The van der Waals surface area contributed by atoms with E-state index in [4.69, 9.17) is 4.74 Å². The van der Waals surface area contributed by atoms with E-state index in [9.17, 15) is 0 Å². The predicted molar refractivity (Wildman–Crippen MR) is 115 cm³/mol. The minimum Gasteiger partial charge on any atom is -0.379 e. The fourth-order valence-corrected chi connectivity index (χ4v) is 5.16. The van der Waals surface area contributed by atoms with Crippen LogP contribution in [0.5, 0.6) is 0 Å². The highest BCUT2D eigenvalue weighted by Gasteiger charge is 2.51. The fourth-order valence-electron chi connectivity index (χ4n) is 5.16. The van der Waals surface area contributed by atoms with E-state index in [1.54, 1.807) is 0 Å².